The second kappa shape index (κ2) is 5.99. The summed E-state index contributed by atoms with van der Waals surface area (Å²) in [6.07, 6.45) is 0.541. The molecule has 2 unspecified atom stereocenters. The molecule has 0 aromatic rings. The van der Waals surface area contributed by atoms with E-state index in [9.17, 15) is 13.2 Å². The van der Waals surface area contributed by atoms with Gasteiger partial charge in [-0.3, -0.25) is 4.79 Å². The van der Waals surface area contributed by atoms with Gasteiger partial charge in [-0.1, -0.05) is 20.8 Å². The predicted octanol–water partition coefficient (Wildman–Crippen LogP) is 0.616. The third kappa shape index (κ3) is 3.21. The molecule has 0 radical (unpaired) electrons. The Morgan fingerprint density at radius 2 is 1.89 bits per heavy atom. The van der Waals surface area contributed by atoms with Gasteiger partial charge in [0.2, 0.25) is 0 Å². The molecule has 0 aromatic carbocycles. The molecule has 106 valence electrons. The molecule has 1 fully saturated rings. The lowest BCUT2D eigenvalue weighted by Crippen LogP contribution is -2.51. The van der Waals surface area contributed by atoms with Crippen molar-refractivity contribution in [2.75, 3.05) is 26.2 Å². The average Bonchev–Trinajstić information content (AvgIpc) is 2.29. The Bertz CT molecular complexity index is 392. The van der Waals surface area contributed by atoms with Crippen molar-refractivity contribution >= 4 is 16.2 Å². The SMILES string of the molecule is CCN(CC)S(=O)(=O)N1CC(C)CC(C(=O)O)C1. The van der Waals surface area contributed by atoms with E-state index in [0.29, 0.717) is 26.1 Å². The Labute approximate surface area is 109 Å². The van der Waals surface area contributed by atoms with Gasteiger partial charge in [0.25, 0.3) is 10.2 Å². The first kappa shape index (κ1) is 15.4. The van der Waals surface area contributed by atoms with E-state index >= 15 is 0 Å². The van der Waals surface area contributed by atoms with Gasteiger partial charge in [-0.2, -0.15) is 17.0 Å². The van der Waals surface area contributed by atoms with E-state index in [4.69, 9.17) is 5.11 Å². The quantitative estimate of drug-likeness (QED) is 0.799. The topological polar surface area (TPSA) is 77.9 Å². The lowest BCUT2D eigenvalue weighted by molar-refractivity contribution is -0.143. The number of rotatable bonds is 5. The third-order valence-electron chi connectivity index (χ3n) is 3.33. The van der Waals surface area contributed by atoms with Gasteiger partial charge in [0.1, 0.15) is 0 Å². The minimum absolute atomic E-state index is 0.0742. The highest BCUT2D eigenvalue weighted by Crippen LogP contribution is 2.25. The zero-order valence-electron chi connectivity index (χ0n) is 11.2. The largest absolute Gasteiger partial charge is 0.481 e. The van der Waals surface area contributed by atoms with Gasteiger partial charge in [0.15, 0.2) is 0 Å². The van der Waals surface area contributed by atoms with Crippen molar-refractivity contribution in [2.45, 2.75) is 27.2 Å². The highest BCUT2D eigenvalue weighted by Gasteiger charge is 2.37. The third-order valence-corrected chi connectivity index (χ3v) is 5.45. The van der Waals surface area contributed by atoms with Crippen molar-refractivity contribution in [3.05, 3.63) is 0 Å². The van der Waals surface area contributed by atoms with Gasteiger partial charge in [-0.15, -0.1) is 0 Å². The molecule has 1 heterocycles. The maximum atomic E-state index is 12.3. The summed E-state index contributed by atoms with van der Waals surface area (Å²) in [7, 11) is -3.52. The van der Waals surface area contributed by atoms with E-state index in [0.717, 1.165) is 0 Å². The van der Waals surface area contributed by atoms with Crippen LogP contribution in [-0.2, 0) is 15.0 Å². The number of carbonyl (C=O) groups is 1. The first-order chi connectivity index (χ1) is 8.32. The Morgan fingerprint density at radius 3 is 2.33 bits per heavy atom. The number of aliphatic carboxylic acids is 1. The summed E-state index contributed by atoms with van der Waals surface area (Å²) >= 11 is 0. The normalized spacial score (nSPS) is 26.4. The van der Waals surface area contributed by atoms with Crippen LogP contribution in [0.2, 0.25) is 0 Å². The van der Waals surface area contributed by atoms with Gasteiger partial charge >= 0.3 is 5.97 Å². The van der Waals surface area contributed by atoms with E-state index in [2.05, 4.69) is 0 Å². The molecule has 2 atom stereocenters. The number of hydrogen-bond acceptors (Lipinski definition) is 3. The van der Waals surface area contributed by atoms with Crippen LogP contribution in [0.4, 0.5) is 0 Å². The maximum Gasteiger partial charge on any atom is 0.307 e. The lowest BCUT2D eigenvalue weighted by atomic mass is 9.92. The van der Waals surface area contributed by atoms with E-state index in [-0.39, 0.29) is 12.5 Å². The number of carboxylic acid groups (broad SMARTS) is 1. The molecule has 1 rings (SSSR count). The molecule has 0 bridgehead atoms. The molecule has 6 nitrogen and oxygen atoms in total. The smallest absolute Gasteiger partial charge is 0.307 e. The molecular weight excluding hydrogens is 256 g/mol. The summed E-state index contributed by atoms with van der Waals surface area (Å²) < 4.78 is 27.3. The molecule has 1 aliphatic rings. The fourth-order valence-electron chi connectivity index (χ4n) is 2.38. The Kier molecular flexibility index (Phi) is 5.12. The van der Waals surface area contributed by atoms with Crippen LogP contribution in [0.3, 0.4) is 0 Å². The fourth-order valence-corrected chi connectivity index (χ4v) is 4.17. The first-order valence-electron chi connectivity index (χ1n) is 6.30. The van der Waals surface area contributed by atoms with Gasteiger partial charge < -0.3 is 5.11 Å². The first-order valence-corrected chi connectivity index (χ1v) is 7.70. The number of piperidine rings is 1. The second-order valence-electron chi connectivity index (χ2n) is 4.79. The van der Waals surface area contributed by atoms with E-state index < -0.39 is 22.1 Å². The molecule has 1 N–H and O–H groups in total. The molecule has 1 aliphatic heterocycles. The summed E-state index contributed by atoms with van der Waals surface area (Å²) in [4.78, 5) is 11.0. The van der Waals surface area contributed by atoms with Gasteiger partial charge in [-0.05, 0) is 12.3 Å². The molecule has 0 saturated carbocycles. The number of hydrogen-bond donors (Lipinski definition) is 1. The van der Waals surface area contributed by atoms with Gasteiger partial charge in [0.05, 0.1) is 5.92 Å². The van der Waals surface area contributed by atoms with Crippen LogP contribution in [0, 0.1) is 11.8 Å². The summed E-state index contributed by atoms with van der Waals surface area (Å²) in [5.41, 5.74) is 0. The van der Waals surface area contributed by atoms with Crippen molar-refractivity contribution in [1.29, 1.82) is 0 Å². The predicted molar refractivity (Wildman–Crippen MR) is 68.3 cm³/mol. The van der Waals surface area contributed by atoms with E-state index in [1.807, 2.05) is 6.92 Å². The number of carboxylic acids is 1. The van der Waals surface area contributed by atoms with Crippen LogP contribution in [0.25, 0.3) is 0 Å². The summed E-state index contributed by atoms with van der Waals surface area (Å²) in [5, 5.41) is 9.06. The molecule has 18 heavy (non-hydrogen) atoms. The van der Waals surface area contributed by atoms with Crippen molar-refractivity contribution in [3.8, 4) is 0 Å². The van der Waals surface area contributed by atoms with Crippen molar-refractivity contribution < 1.29 is 18.3 Å². The molecule has 1 saturated heterocycles. The fraction of sp³-hybridized carbons (Fsp3) is 0.909. The lowest BCUT2D eigenvalue weighted by Gasteiger charge is -2.36. The number of nitrogens with zero attached hydrogens (tertiary/aromatic N) is 2. The standard InChI is InChI=1S/C11H22N2O4S/c1-4-12(5-2)18(16,17)13-7-9(3)6-10(8-13)11(14)15/h9-10H,4-8H2,1-3H3,(H,14,15). The zero-order chi connectivity index (χ0) is 13.9. The molecule has 0 spiro atoms. The molecule has 7 heteroatoms. The molecular formula is C11H22N2O4S. The zero-order valence-corrected chi connectivity index (χ0v) is 12.0. The van der Waals surface area contributed by atoms with Crippen molar-refractivity contribution in [2.24, 2.45) is 11.8 Å². The summed E-state index contributed by atoms with van der Waals surface area (Å²) in [6.45, 7) is 6.75. The van der Waals surface area contributed by atoms with E-state index in [1.54, 1.807) is 13.8 Å². The average molecular weight is 278 g/mol. The summed E-state index contributed by atoms with van der Waals surface area (Å²) in [6, 6.07) is 0. The van der Waals surface area contributed by atoms with Crippen molar-refractivity contribution in [1.82, 2.24) is 8.61 Å². The van der Waals surface area contributed by atoms with Gasteiger partial charge in [0, 0.05) is 26.2 Å². The van der Waals surface area contributed by atoms with Crippen molar-refractivity contribution in [3.63, 3.8) is 0 Å². The molecule has 0 aromatic heterocycles. The van der Waals surface area contributed by atoms with Crippen LogP contribution >= 0.6 is 0 Å². The van der Waals surface area contributed by atoms with Crippen LogP contribution in [0.1, 0.15) is 27.2 Å². The maximum absolute atomic E-state index is 12.3. The summed E-state index contributed by atoms with van der Waals surface area (Å²) in [5.74, 6) is -1.44. The van der Waals surface area contributed by atoms with Crippen LogP contribution < -0.4 is 0 Å². The second-order valence-corrected chi connectivity index (χ2v) is 6.71. The highest BCUT2D eigenvalue weighted by molar-refractivity contribution is 7.86. The van der Waals surface area contributed by atoms with Crippen LogP contribution in [0.15, 0.2) is 0 Å². The Balaban J connectivity index is 2.91. The van der Waals surface area contributed by atoms with Crippen LogP contribution in [0.5, 0.6) is 0 Å². The van der Waals surface area contributed by atoms with E-state index in [1.165, 1.54) is 8.61 Å². The van der Waals surface area contributed by atoms with Gasteiger partial charge in [-0.25, -0.2) is 0 Å². The molecule has 0 amide bonds. The Morgan fingerprint density at radius 1 is 1.33 bits per heavy atom. The van der Waals surface area contributed by atoms with Crippen LogP contribution in [-0.4, -0.2) is 54.3 Å². The molecule has 0 aliphatic carbocycles. The minimum atomic E-state index is -3.52. The Hall–Kier alpha value is -0.660. The monoisotopic (exact) mass is 278 g/mol. The minimum Gasteiger partial charge on any atom is -0.481 e. The highest BCUT2D eigenvalue weighted by atomic mass is 32.2.